The fraction of sp³-hybridized carbons (Fsp3) is 0.583. The third kappa shape index (κ3) is 2.68. The van der Waals surface area contributed by atoms with Crippen molar-refractivity contribution in [2.45, 2.75) is 36.5 Å². The lowest BCUT2D eigenvalue weighted by atomic mass is 9.91. The third-order valence-electron chi connectivity index (χ3n) is 3.05. The van der Waals surface area contributed by atoms with Gasteiger partial charge in [0.1, 0.15) is 9.09 Å². The molecular weight excluding hydrogens is 288 g/mol. The second-order valence-electron chi connectivity index (χ2n) is 4.51. The summed E-state index contributed by atoms with van der Waals surface area (Å²) in [5.41, 5.74) is 1.05. The Balaban J connectivity index is 2.62. The molecule has 0 spiro atoms. The van der Waals surface area contributed by atoms with Crippen molar-refractivity contribution in [3.63, 3.8) is 0 Å². The van der Waals surface area contributed by atoms with Gasteiger partial charge in [-0.25, -0.2) is 13.2 Å². The van der Waals surface area contributed by atoms with E-state index in [2.05, 4.69) is 0 Å². The highest BCUT2D eigenvalue weighted by atomic mass is 32.2. The molecule has 7 heteroatoms. The third-order valence-corrected chi connectivity index (χ3v) is 6.12. The van der Waals surface area contributed by atoms with Gasteiger partial charge < -0.3 is 9.84 Å². The highest BCUT2D eigenvalue weighted by Crippen LogP contribution is 2.42. The molecule has 19 heavy (non-hydrogen) atoms. The summed E-state index contributed by atoms with van der Waals surface area (Å²) in [6.45, 7) is 1.94. The largest absolute Gasteiger partial charge is 0.462 e. The second kappa shape index (κ2) is 5.22. The zero-order valence-electron chi connectivity index (χ0n) is 10.8. The van der Waals surface area contributed by atoms with Crippen LogP contribution in [0.3, 0.4) is 0 Å². The van der Waals surface area contributed by atoms with Gasteiger partial charge in [0, 0.05) is 11.8 Å². The second-order valence-corrected chi connectivity index (χ2v) is 7.74. The molecule has 0 aromatic carbocycles. The van der Waals surface area contributed by atoms with Gasteiger partial charge in [-0.3, -0.25) is 0 Å². The minimum atomic E-state index is -3.45. The summed E-state index contributed by atoms with van der Waals surface area (Å²) in [4.78, 5) is 12.2. The number of carbonyl (C=O) groups is 1. The number of rotatable bonds is 3. The summed E-state index contributed by atoms with van der Waals surface area (Å²) in [6, 6.07) is 0. The summed E-state index contributed by atoms with van der Waals surface area (Å²) >= 11 is 0.912. The van der Waals surface area contributed by atoms with Crippen molar-refractivity contribution < 1.29 is 23.1 Å². The SMILES string of the molecule is CCOC(=O)c1sc(S(C)(=O)=O)c2c1CCC[C@@H]2O. The van der Waals surface area contributed by atoms with Gasteiger partial charge in [0.25, 0.3) is 0 Å². The molecule has 1 aromatic heterocycles. The normalized spacial score (nSPS) is 19.0. The molecule has 1 aliphatic rings. The molecule has 0 saturated heterocycles. The van der Waals surface area contributed by atoms with Crippen LogP contribution in [-0.4, -0.2) is 32.4 Å². The van der Waals surface area contributed by atoms with Crippen LogP contribution < -0.4 is 0 Å². The van der Waals surface area contributed by atoms with E-state index < -0.39 is 21.9 Å². The molecule has 0 saturated carbocycles. The van der Waals surface area contributed by atoms with Crippen molar-refractivity contribution in [3.05, 3.63) is 16.0 Å². The van der Waals surface area contributed by atoms with E-state index in [4.69, 9.17) is 4.74 Å². The summed E-state index contributed by atoms with van der Waals surface area (Å²) < 4.78 is 28.6. The fourth-order valence-electron chi connectivity index (χ4n) is 2.29. The number of esters is 1. The zero-order chi connectivity index (χ0) is 14.2. The van der Waals surface area contributed by atoms with Crippen LogP contribution in [0.4, 0.5) is 0 Å². The first kappa shape index (κ1) is 14.5. The van der Waals surface area contributed by atoms with Crippen LogP contribution in [0.1, 0.15) is 46.7 Å². The van der Waals surface area contributed by atoms with Gasteiger partial charge in [-0.1, -0.05) is 0 Å². The summed E-state index contributed by atoms with van der Waals surface area (Å²) in [6.07, 6.45) is 2.14. The molecule has 0 radical (unpaired) electrons. The minimum Gasteiger partial charge on any atom is -0.462 e. The summed E-state index contributed by atoms with van der Waals surface area (Å²) in [7, 11) is -3.45. The van der Waals surface area contributed by atoms with Crippen molar-refractivity contribution in [1.29, 1.82) is 0 Å². The number of aliphatic hydroxyl groups excluding tert-OH is 1. The number of ether oxygens (including phenoxy) is 1. The highest BCUT2D eigenvalue weighted by molar-refractivity contribution is 7.92. The van der Waals surface area contributed by atoms with Crippen LogP contribution in [0.5, 0.6) is 0 Å². The van der Waals surface area contributed by atoms with Gasteiger partial charge in [-0.15, -0.1) is 11.3 Å². The Hall–Kier alpha value is -0.920. The molecule has 1 atom stereocenters. The molecule has 0 fully saturated rings. The summed E-state index contributed by atoms with van der Waals surface area (Å²) in [5, 5.41) is 10.0. The van der Waals surface area contributed by atoms with Crippen molar-refractivity contribution in [3.8, 4) is 0 Å². The van der Waals surface area contributed by atoms with Crippen molar-refractivity contribution in [1.82, 2.24) is 0 Å². The lowest BCUT2D eigenvalue weighted by Crippen LogP contribution is -2.13. The number of aliphatic hydroxyl groups is 1. The van der Waals surface area contributed by atoms with Crippen LogP contribution in [0.2, 0.25) is 0 Å². The van der Waals surface area contributed by atoms with Crippen LogP contribution >= 0.6 is 11.3 Å². The Labute approximate surface area is 116 Å². The smallest absolute Gasteiger partial charge is 0.348 e. The maximum absolute atomic E-state index is 11.9. The van der Waals surface area contributed by atoms with Gasteiger partial charge in [-0.05, 0) is 31.7 Å². The number of hydrogen-bond acceptors (Lipinski definition) is 6. The first-order valence-corrected chi connectivity index (χ1v) is 8.77. The fourth-order valence-corrected chi connectivity index (χ4v) is 4.84. The molecule has 1 aliphatic carbocycles. The quantitative estimate of drug-likeness (QED) is 0.860. The molecule has 5 nitrogen and oxygen atoms in total. The lowest BCUT2D eigenvalue weighted by Gasteiger charge is -2.19. The van der Waals surface area contributed by atoms with E-state index in [1.165, 1.54) is 0 Å². The average molecular weight is 304 g/mol. The molecule has 1 N–H and O–H groups in total. The standard InChI is InChI=1S/C12H16O5S2/c1-3-17-11(14)10-7-5-4-6-8(13)9(7)12(18-10)19(2,15)16/h8,13H,3-6H2,1-2H3/t8-/m0/s1. The molecule has 1 aromatic rings. The Morgan fingerprint density at radius 1 is 1.53 bits per heavy atom. The van der Waals surface area contributed by atoms with E-state index in [0.29, 0.717) is 28.8 Å². The van der Waals surface area contributed by atoms with E-state index in [9.17, 15) is 18.3 Å². The minimum absolute atomic E-state index is 0.0951. The average Bonchev–Trinajstić information content (AvgIpc) is 2.70. The van der Waals surface area contributed by atoms with Crippen molar-refractivity contribution >= 4 is 27.1 Å². The Morgan fingerprint density at radius 3 is 2.79 bits per heavy atom. The summed E-state index contributed by atoms with van der Waals surface area (Å²) in [5.74, 6) is -0.507. The van der Waals surface area contributed by atoms with Gasteiger partial charge in [0.15, 0.2) is 9.84 Å². The first-order valence-electron chi connectivity index (χ1n) is 6.07. The van der Waals surface area contributed by atoms with E-state index in [0.717, 1.165) is 24.0 Å². The van der Waals surface area contributed by atoms with Gasteiger partial charge >= 0.3 is 5.97 Å². The number of carbonyl (C=O) groups excluding carboxylic acids is 1. The number of fused-ring (bicyclic) bond motifs is 1. The van der Waals surface area contributed by atoms with Crippen molar-refractivity contribution in [2.24, 2.45) is 0 Å². The first-order chi connectivity index (χ1) is 8.86. The topological polar surface area (TPSA) is 80.7 Å². The van der Waals surface area contributed by atoms with Crippen LogP contribution in [-0.2, 0) is 21.0 Å². The Morgan fingerprint density at radius 2 is 2.21 bits per heavy atom. The van der Waals surface area contributed by atoms with Crippen molar-refractivity contribution in [2.75, 3.05) is 12.9 Å². The van der Waals surface area contributed by atoms with E-state index >= 15 is 0 Å². The van der Waals surface area contributed by atoms with Gasteiger partial charge in [0.05, 0.1) is 12.7 Å². The number of sulfone groups is 1. The zero-order valence-corrected chi connectivity index (χ0v) is 12.4. The maximum atomic E-state index is 11.9. The van der Waals surface area contributed by atoms with Gasteiger partial charge in [-0.2, -0.15) is 0 Å². The van der Waals surface area contributed by atoms with Crippen LogP contribution in [0, 0.1) is 0 Å². The predicted molar refractivity (Wildman–Crippen MR) is 71.3 cm³/mol. The van der Waals surface area contributed by atoms with E-state index in [1.54, 1.807) is 6.92 Å². The van der Waals surface area contributed by atoms with E-state index in [1.807, 2.05) is 0 Å². The number of thiophene rings is 1. The molecule has 1 heterocycles. The molecule has 0 amide bonds. The lowest BCUT2D eigenvalue weighted by molar-refractivity contribution is 0.0530. The predicted octanol–water partition coefficient (Wildman–Crippen LogP) is 1.70. The van der Waals surface area contributed by atoms with Gasteiger partial charge in [0.2, 0.25) is 0 Å². The highest BCUT2D eigenvalue weighted by Gasteiger charge is 2.33. The maximum Gasteiger partial charge on any atom is 0.348 e. The molecule has 0 bridgehead atoms. The Kier molecular flexibility index (Phi) is 3.98. The number of hydrogen-bond donors (Lipinski definition) is 1. The molecule has 0 unspecified atom stereocenters. The molecule has 106 valence electrons. The Bertz CT molecular complexity index is 600. The van der Waals surface area contributed by atoms with Crippen LogP contribution in [0.25, 0.3) is 0 Å². The molecule has 2 rings (SSSR count). The van der Waals surface area contributed by atoms with E-state index in [-0.39, 0.29) is 10.8 Å². The monoisotopic (exact) mass is 304 g/mol. The molecular formula is C12H16O5S2. The molecule has 0 aliphatic heterocycles. The van der Waals surface area contributed by atoms with Crippen LogP contribution in [0.15, 0.2) is 4.21 Å².